The molecule has 1 saturated heterocycles. The predicted molar refractivity (Wildman–Crippen MR) is 58.1 cm³/mol. The van der Waals surface area contributed by atoms with Crippen LogP contribution in [0.1, 0.15) is 13.3 Å². The van der Waals surface area contributed by atoms with Crippen LogP contribution in [0.2, 0.25) is 25.2 Å². The minimum absolute atomic E-state index is 0.191. The van der Waals surface area contributed by atoms with Gasteiger partial charge in [-0.3, -0.25) is 0 Å². The summed E-state index contributed by atoms with van der Waals surface area (Å²) < 4.78 is 25.1. The number of hydrogen-bond acceptors (Lipinski definition) is 2. The maximum atomic E-state index is 11.2. The smallest absolute Gasteiger partial charge is 0.211 e. The summed E-state index contributed by atoms with van der Waals surface area (Å²) in [5.41, 5.74) is 0.518. The Hall–Kier alpha value is 0.127. The second-order valence-electron chi connectivity index (χ2n) is 4.99. The van der Waals surface area contributed by atoms with E-state index in [0.29, 0.717) is 11.3 Å². The molecule has 1 aliphatic heterocycles. The second kappa shape index (κ2) is 3.36. The lowest BCUT2D eigenvalue weighted by atomic mass is 10.2. The minimum atomic E-state index is -2.93. The highest BCUT2D eigenvalue weighted by molar-refractivity contribution is 7.89. The zero-order valence-electron chi connectivity index (χ0n) is 8.79. The second-order valence-corrected chi connectivity index (χ2v) is 12.5. The normalized spacial score (nSPS) is 30.3. The van der Waals surface area contributed by atoms with E-state index in [1.165, 1.54) is 0 Å². The van der Waals surface area contributed by atoms with Gasteiger partial charge in [-0.2, -0.15) is 0 Å². The Labute approximate surface area is 82.0 Å². The van der Waals surface area contributed by atoms with Gasteiger partial charge in [-0.1, -0.05) is 26.6 Å². The third kappa shape index (κ3) is 2.79. The number of rotatable bonds is 2. The van der Waals surface area contributed by atoms with Gasteiger partial charge < -0.3 is 0 Å². The van der Waals surface area contributed by atoms with Gasteiger partial charge in [0.25, 0.3) is 0 Å². The molecule has 0 saturated carbocycles. The van der Waals surface area contributed by atoms with Crippen molar-refractivity contribution in [1.29, 1.82) is 0 Å². The van der Waals surface area contributed by atoms with Gasteiger partial charge >= 0.3 is 0 Å². The molecule has 1 rings (SSSR count). The summed E-state index contributed by atoms with van der Waals surface area (Å²) in [7, 11) is -4.14. The molecule has 1 N–H and O–H groups in total. The van der Waals surface area contributed by atoms with Gasteiger partial charge in [0, 0.05) is 14.1 Å². The Balaban J connectivity index is 2.67. The first kappa shape index (κ1) is 11.2. The van der Waals surface area contributed by atoms with Crippen LogP contribution < -0.4 is 4.72 Å². The van der Waals surface area contributed by atoms with E-state index in [9.17, 15) is 8.42 Å². The molecule has 0 aliphatic carbocycles. The Bertz CT molecular complexity index is 281. The van der Waals surface area contributed by atoms with Gasteiger partial charge in [-0.15, -0.1) is 0 Å². The zero-order valence-corrected chi connectivity index (χ0v) is 10.6. The summed E-state index contributed by atoms with van der Waals surface area (Å²) >= 11 is 0. The monoisotopic (exact) mass is 221 g/mol. The number of hydrogen-bond donors (Lipinski definition) is 1. The fourth-order valence-electron chi connectivity index (χ4n) is 1.59. The SMILES string of the molecule is CC(C1CCS(=O)(=O)N1)[Si](C)(C)C. The molecule has 0 bridgehead atoms. The summed E-state index contributed by atoms with van der Waals surface area (Å²) in [5.74, 6) is 0.312. The van der Waals surface area contributed by atoms with E-state index < -0.39 is 18.1 Å². The quantitative estimate of drug-likeness (QED) is 0.717. The van der Waals surface area contributed by atoms with Gasteiger partial charge in [0.05, 0.1) is 5.75 Å². The first-order valence-corrected chi connectivity index (χ1v) is 9.95. The molecule has 78 valence electrons. The standard InChI is InChI=1S/C8H19NO2SSi/c1-7(13(2,3)4)8-5-6-12(10,11)9-8/h7-9H,5-6H2,1-4H3. The molecular weight excluding hydrogens is 202 g/mol. The first-order valence-electron chi connectivity index (χ1n) is 4.72. The average molecular weight is 221 g/mol. The molecule has 0 aromatic rings. The van der Waals surface area contributed by atoms with Crippen LogP contribution in [0, 0.1) is 0 Å². The van der Waals surface area contributed by atoms with Crippen LogP contribution in [0.5, 0.6) is 0 Å². The molecule has 0 spiro atoms. The largest absolute Gasteiger partial charge is 0.212 e. The Morgan fingerprint density at radius 3 is 2.23 bits per heavy atom. The Morgan fingerprint density at radius 2 is 1.92 bits per heavy atom. The summed E-state index contributed by atoms with van der Waals surface area (Å²) in [6.07, 6.45) is 0.785. The lowest BCUT2D eigenvalue weighted by Crippen LogP contribution is -2.40. The Kier molecular flexibility index (Phi) is 2.90. The van der Waals surface area contributed by atoms with Crippen LogP contribution >= 0.6 is 0 Å². The van der Waals surface area contributed by atoms with Crippen molar-refractivity contribution < 1.29 is 8.42 Å². The average Bonchev–Trinajstić information content (AvgIpc) is 2.26. The third-order valence-electron chi connectivity index (χ3n) is 3.00. The number of nitrogens with one attached hydrogen (secondary N) is 1. The van der Waals surface area contributed by atoms with E-state index in [0.717, 1.165) is 6.42 Å². The molecule has 3 nitrogen and oxygen atoms in total. The van der Waals surface area contributed by atoms with E-state index >= 15 is 0 Å². The van der Waals surface area contributed by atoms with Crippen LogP contribution in [0.15, 0.2) is 0 Å². The molecule has 0 aromatic carbocycles. The molecule has 5 heteroatoms. The van der Waals surface area contributed by atoms with Gasteiger partial charge in [0.1, 0.15) is 0 Å². The molecule has 0 amide bonds. The first-order chi connectivity index (χ1) is 5.72. The van der Waals surface area contributed by atoms with Crippen molar-refractivity contribution in [1.82, 2.24) is 4.72 Å². The summed E-state index contributed by atoms with van der Waals surface area (Å²) in [5, 5.41) is 0. The van der Waals surface area contributed by atoms with Gasteiger partial charge in [-0.05, 0) is 12.0 Å². The van der Waals surface area contributed by atoms with Gasteiger partial charge in [-0.25, -0.2) is 13.1 Å². The summed E-state index contributed by atoms with van der Waals surface area (Å²) in [6, 6.07) is 0.191. The minimum Gasteiger partial charge on any atom is -0.212 e. The maximum absolute atomic E-state index is 11.2. The summed E-state index contributed by atoms with van der Waals surface area (Å²) in [4.78, 5) is 0. The van der Waals surface area contributed by atoms with Crippen LogP contribution in [0.4, 0.5) is 0 Å². The van der Waals surface area contributed by atoms with E-state index in [4.69, 9.17) is 0 Å². The van der Waals surface area contributed by atoms with Crippen molar-refractivity contribution in [3.63, 3.8) is 0 Å². The topological polar surface area (TPSA) is 46.2 Å². The molecule has 13 heavy (non-hydrogen) atoms. The van der Waals surface area contributed by atoms with E-state index in [-0.39, 0.29) is 6.04 Å². The fraction of sp³-hybridized carbons (Fsp3) is 1.00. The van der Waals surface area contributed by atoms with Crippen molar-refractivity contribution >= 4 is 18.1 Å². The highest BCUT2D eigenvalue weighted by Gasteiger charge is 2.36. The predicted octanol–water partition coefficient (Wildman–Crippen LogP) is 1.41. The van der Waals surface area contributed by atoms with Gasteiger partial charge in [0.2, 0.25) is 10.0 Å². The molecule has 1 aliphatic rings. The molecular formula is C8H19NO2SSi. The molecule has 2 atom stereocenters. The van der Waals surface area contributed by atoms with E-state index in [1.54, 1.807) is 0 Å². The lowest BCUT2D eigenvalue weighted by Gasteiger charge is -2.29. The molecule has 0 aromatic heterocycles. The van der Waals surface area contributed by atoms with Crippen LogP contribution in [-0.4, -0.2) is 28.3 Å². The highest BCUT2D eigenvalue weighted by Crippen LogP contribution is 2.29. The van der Waals surface area contributed by atoms with Crippen LogP contribution in [-0.2, 0) is 10.0 Å². The molecule has 1 heterocycles. The maximum Gasteiger partial charge on any atom is 0.211 e. The molecule has 2 unspecified atom stereocenters. The van der Waals surface area contributed by atoms with E-state index in [1.807, 2.05) is 0 Å². The highest BCUT2D eigenvalue weighted by atomic mass is 32.2. The summed E-state index contributed by atoms with van der Waals surface area (Å²) in [6.45, 7) is 9.02. The van der Waals surface area contributed by atoms with Crippen molar-refractivity contribution in [2.24, 2.45) is 0 Å². The Morgan fingerprint density at radius 1 is 1.38 bits per heavy atom. The fourth-order valence-corrected chi connectivity index (χ4v) is 4.63. The van der Waals surface area contributed by atoms with Crippen molar-refractivity contribution in [2.45, 2.75) is 44.6 Å². The molecule has 1 fully saturated rings. The molecule has 0 radical (unpaired) electrons. The van der Waals surface area contributed by atoms with E-state index in [2.05, 4.69) is 31.3 Å². The van der Waals surface area contributed by atoms with Crippen LogP contribution in [0.3, 0.4) is 0 Å². The van der Waals surface area contributed by atoms with Crippen molar-refractivity contribution in [3.05, 3.63) is 0 Å². The zero-order chi connectivity index (χ0) is 10.3. The van der Waals surface area contributed by atoms with Crippen molar-refractivity contribution in [2.75, 3.05) is 5.75 Å². The lowest BCUT2D eigenvalue weighted by molar-refractivity contribution is 0.569. The third-order valence-corrected chi connectivity index (χ3v) is 7.57. The van der Waals surface area contributed by atoms with Gasteiger partial charge in [0.15, 0.2) is 0 Å². The van der Waals surface area contributed by atoms with Crippen molar-refractivity contribution in [3.8, 4) is 0 Å². The number of sulfonamides is 1. The van der Waals surface area contributed by atoms with Crippen LogP contribution in [0.25, 0.3) is 0 Å².